The molecule has 1 unspecified atom stereocenters. The van der Waals surface area contributed by atoms with Crippen LogP contribution in [0.3, 0.4) is 0 Å². The Hall–Kier alpha value is -2.79. The molecule has 1 fully saturated rings. The number of fused-ring (bicyclic) bond motifs is 1. The number of hydrogen-bond donors (Lipinski definition) is 1. The smallest absolute Gasteiger partial charge is 0.295 e. The number of nitrogens with zero attached hydrogens (tertiary/aromatic N) is 1. The van der Waals surface area contributed by atoms with Crippen molar-refractivity contribution in [1.82, 2.24) is 4.90 Å². The van der Waals surface area contributed by atoms with Gasteiger partial charge < -0.3 is 14.7 Å². The van der Waals surface area contributed by atoms with Crippen LogP contribution in [0.4, 0.5) is 0 Å². The van der Waals surface area contributed by atoms with Gasteiger partial charge in [-0.25, -0.2) is 0 Å². The third-order valence-electron chi connectivity index (χ3n) is 5.91. The molecular weight excluding hydrogens is 414 g/mol. The summed E-state index contributed by atoms with van der Waals surface area (Å²) in [4.78, 5) is 27.5. The Morgan fingerprint density at radius 1 is 1.16 bits per heavy atom. The first-order valence-electron chi connectivity index (χ1n) is 10.8. The van der Waals surface area contributed by atoms with Crippen LogP contribution < -0.4 is 4.74 Å². The van der Waals surface area contributed by atoms with Gasteiger partial charge in [0, 0.05) is 17.1 Å². The number of rotatable bonds is 6. The van der Waals surface area contributed by atoms with Gasteiger partial charge in [-0.2, -0.15) is 0 Å². The van der Waals surface area contributed by atoms with Crippen molar-refractivity contribution in [3.63, 3.8) is 0 Å². The number of carbonyl (C=O) groups excluding carboxylic acids is 2. The molecule has 1 atom stereocenters. The lowest BCUT2D eigenvalue weighted by atomic mass is 9.94. The van der Waals surface area contributed by atoms with Gasteiger partial charge in [0.15, 0.2) is 0 Å². The van der Waals surface area contributed by atoms with E-state index in [1.54, 1.807) is 35.2 Å². The number of benzene rings is 2. The standard InChI is InChI=1S/C25H26ClNO4/c1-2-3-4-13-27-22(16-7-10-19(26)11-8-16)21(24(29)25(27)30)23(28)18-9-12-20-17(15-18)6-5-14-31-20/h7-12,15,22,28H,2-6,13-14H2,1H3/b23-21-. The molecule has 1 amide bonds. The molecule has 31 heavy (non-hydrogen) atoms. The minimum absolute atomic E-state index is 0.125. The number of halogens is 1. The number of Topliss-reactive ketones (excluding diaryl/α,β-unsaturated/α-hetero) is 1. The minimum Gasteiger partial charge on any atom is -0.507 e. The third kappa shape index (κ3) is 4.19. The van der Waals surface area contributed by atoms with Crippen LogP contribution >= 0.6 is 11.6 Å². The molecular formula is C25H26ClNO4. The third-order valence-corrected chi connectivity index (χ3v) is 6.16. The molecule has 4 rings (SSSR count). The second-order valence-electron chi connectivity index (χ2n) is 8.03. The molecule has 0 saturated carbocycles. The maximum Gasteiger partial charge on any atom is 0.295 e. The first-order valence-corrected chi connectivity index (χ1v) is 11.2. The highest BCUT2D eigenvalue weighted by molar-refractivity contribution is 6.46. The molecule has 2 aromatic rings. The number of hydrogen-bond acceptors (Lipinski definition) is 4. The van der Waals surface area contributed by atoms with Crippen LogP contribution in [0, 0.1) is 0 Å². The summed E-state index contributed by atoms with van der Waals surface area (Å²) in [7, 11) is 0. The molecule has 5 nitrogen and oxygen atoms in total. The van der Waals surface area contributed by atoms with E-state index in [0.29, 0.717) is 23.7 Å². The van der Waals surface area contributed by atoms with Crippen LogP contribution in [-0.2, 0) is 16.0 Å². The van der Waals surface area contributed by atoms with Crippen molar-refractivity contribution < 1.29 is 19.4 Å². The van der Waals surface area contributed by atoms with Crippen LogP contribution in [0.5, 0.6) is 5.75 Å². The molecule has 0 radical (unpaired) electrons. The average Bonchev–Trinajstić information content (AvgIpc) is 3.04. The zero-order valence-corrected chi connectivity index (χ0v) is 18.3. The lowest BCUT2D eigenvalue weighted by Crippen LogP contribution is -2.30. The SMILES string of the molecule is CCCCCN1C(=O)C(=O)/C(=C(\O)c2ccc3c(c2)CCCO3)C1c1ccc(Cl)cc1. The van der Waals surface area contributed by atoms with Crippen molar-refractivity contribution in [3.05, 3.63) is 69.8 Å². The van der Waals surface area contributed by atoms with Crippen LogP contribution in [0.25, 0.3) is 5.76 Å². The van der Waals surface area contributed by atoms with E-state index in [1.807, 2.05) is 12.1 Å². The quantitative estimate of drug-likeness (QED) is 0.288. The normalized spacial score (nSPS) is 19.9. The van der Waals surface area contributed by atoms with Gasteiger partial charge in [0.1, 0.15) is 11.5 Å². The predicted octanol–water partition coefficient (Wildman–Crippen LogP) is 5.28. The zero-order chi connectivity index (χ0) is 22.0. The largest absolute Gasteiger partial charge is 0.507 e. The summed E-state index contributed by atoms with van der Waals surface area (Å²) in [6.07, 6.45) is 4.52. The molecule has 2 aliphatic rings. The van der Waals surface area contributed by atoms with E-state index < -0.39 is 17.7 Å². The van der Waals surface area contributed by atoms with Gasteiger partial charge >= 0.3 is 0 Å². The van der Waals surface area contributed by atoms with Crippen LogP contribution in [0.2, 0.25) is 5.02 Å². The van der Waals surface area contributed by atoms with Crippen LogP contribution in [0.15, 0.2) is 48.0 Å². The van der Waals surface area contributed by atoms with E-state index >= 15 is 0 Å². The Morgan fingerprint density at radius 3 is 2.68 bits per heavy atom. The molecule has 162 valence electrons. The fraction of sp³-hybridized carbons (Fsp3) is 0.360. The number of ketones is 1. The van der Waals surface area contributed by atoms with Crippen molar-refractivity contribution in [3.8, 4) is 5.75 Å². The van der Waals surface area contributed by atoms with Gasteiger partial charge in [0.25, 0.3) is 11.7 Å². The number of likely N-dealkylation sites (tertiary alicyclic amines) is 1. The number of aryl methyl sites for hydroxylation is 1. The highest BCUT2D eigenvalue weighted by atomic mass is 35.5. The molecule has 6 heteroatoms. The molecule has 0 aliphatic carbocycles. The summed E-state index contributed by atoms with van der Waals surface area (Å²) < 4.78 is 5.66. The highest BCUT2D eigenvalue weighted by Gasteiger charge is 2.45. The Bertz CT molecular complexity index is 1030. The van der Waals surface area contributed by atoms with Gasteiger partial charge in [0.2, 0.25) is 0 Å². The van der Waals surface area contributed by atoms with Gasteiger partial charge in [-0.1, -0.05) is 43.5 Å². The van der Waals surface area contributed by atoms with Crippen molar-refractivity contribution >= 4 is 29.1 Å². The summed E-state index contributed by atoms with van der Waals surface area (Å²) in [5, 5.41) is 11.8. The number of aliphatic hydroxyl groups is 1. The predicted molar refractivity (Wildman–Crippen MR) is 120 cm³/mol. The van der Waals surface area contributed by atoms with Crippen molar-refractivity contribution in [1.29, 1.82) is 0 Å². The zero-order valence-electron chi connectivity index (χ0n) is 17.6. The van der Waals surface area contributed by atoms with Gasteiger partial charge in [-0.15, -0.1) is 0 Å². The second kappa shape index (κ2) is 9.15. The molecule has 2 heterocycles. The van der Waals surface area contributed by atoms with Crippen LogP contribution in [-0.4, -0.2) is 34.8 Å². The Balaban J connectivity index is 1.79. The first kappa shape index (κ1) is 21.4. The summed E-state index contributed by atoms with van der Waals surface area (Å²) in [5.41, 5.74) is 2.40. The summed E-state index contributed by atoms with van der Waals surface area (Å²) in [6, 6.07) is 11.9. The van der Waals surface area contributed by atoms with Crippen molar-refractivity contribution in [2.75, 3.05) is 13.2 Å². The fourth-order valence-corrected chi connectivity index (χ4v) is 4.42. The molecule has 2 aliphatic heterocycles. The maximum absolute atomic E-state index is 13.0. The van der Waals surface area contributed by atoms with Crippen molar-refractivity contribution in [2.24, 2.45) is 0 Å². The number of amides is 1. The van der Waals surface area contributed by atoms with E-state index in [1.165, 1.54) is 0 Å². The van der Waals surface area contributed by atoms with Gasteiger partial charge in [-0.3, -0.25) is 9.59 Å². The van der Waals surface area contributed by atoms with Gasteiger partial charge in [-0.05, 0) is 60.7 Å². The summed E-state index contributed by atoms with van der Waals surface area (Å²) in [6.45, 7) is 3.23. The average molecular weight is 440 g/mol. The van der Waals surface area contributed by atoms with Crippen molar-refractivity contribution in [2.45, 2.75) is 45.1 Å². The number of aliphatic hydroxyl groups excluding tert-OH is 1. The minimum atomic E-state index is -0.650. The Morgan fingerprint density at radius 2 is 1.94 bits per heavy atom. The Labute approximate surface area is 187 Å². The molecule has 1 saturated heterocycles. The lowest BCUT2D eigenvalue weighted by molar-refractivity contribution is -0.139. The van der Waals surface area contributed by atoms with E-state index in [0.717, 1.165) is 49.0 Å². The molecule has 1 N–H and O–H groups in total. The molecule has 0 spiro atoms. The van der Waals surface area contributed by atoms with E-state index in [4.69, 9.17) is 16.3 Å². The van der Waals surface area contributed by atoms with Gasteiger partial charge in [0.05, 0.1) is 18.2 Å². The summed E-state index contributed by atoms with van der Waals surface area (Å²) in [5.74, 6) is -0.566. The second-order valence-corrected chi connectivity index (χ2v) is 8.46. The number of carbonyl (C=O) groups is 2. The number of unbranched alkanes of at least 4 members (excludes halogenated alkanes) is 2. The van der Waals surface area contributed by atoms with E-state index in [9.17, 15) is 14.7 Å². The molecule has 0 aromatic heterocycles. The van der Waals surface area contributed by atoms with E-state index in [2.05, 4.69) is 6.92 Å². The van der Waals surface area contributed by atoms with Crippen LogP contribution in [0.1, 0.15) is 55.3 Å². The number of ether oxygens (including phenoxy) is 1. The van der Waals surface area contributed by atoms with E-state index in [-0.39, 0.29) is 11.3 Å². The maximum atomic E-state index is 13.0. The first-order chi connectivity index (χ1) is 15.0. The summed E-state index contributed by atoms with van der Waals surface area (Å²) >= 11 is 6.06. The molecule has 2 aromatic carbocycles. The highest BCUT2D eigenvalue weighted by Crippen LogP contribution is 2.40. The lowest BCUT2D eigenvalue weighted by Gasteiger charge is -2.25. The monoisotopic (exact) mass is 439 g/mol. The Kier molecular flexibility index (Phi) is 6.33. The fourth-order valence-electron chi connectivity index (χ4n) is 4.30. The molecule has 0 bridgehead atoms. The topological polar surface area (TPSA) is 66.8 Å².